The monoisotopic (exact) mass is 222 g/mol. The van der Waals surface area contributed by atoms with Crippen molar-refractivity contribution in [2.75, 3.05) is 0 Å². The van der Waals surface area contributed by atoms with Gasteiger partial charge in [0.05, 0.1) is 0 Å². The molecule has 0 aliphatic heterocycles. The van der Waals surface area contributed by atoms with Gasteiger partial charge in [-0.3, -0.25) is 0 Å². The van der Waals surface area contributed by atoms with Gasteiger partial charge in [-0.2, -0.15) is 4.98 Å². The predicted molar refractivity (Wildman–Crippen MR) is 54.0 cm³/mol. The summed E-state index contributed by atoms with van der Waals surface area (Å²) >= 11 is 5.71. The van der Waals surface area contributed by atoms with E-state index in [1.807, 2.05) is 0 Å². The molecule has 0 bridgehead atoms. The van der Waals surface area contributed by atoms with E-state index in [0.717, 1.165) is 5.56 Å². The highest BCUT2D eigenvalue weighted by Gasteiger charge is 2.11. The molecule has 2 heterocycles. The van der Waals surface area contributed by atoms with Crippen LogP contribution in [-0.2, 0) is 0 Å². The zero-order chi connectivity index (χ0) is 10.7. The van der Waals surface area contributed by atoms with Crippen LogP contribution in [0.15, 0.2) is 28.8 Å². The molecule has 0 saturated heterocycles. The molecule has 0 aliphatic carbocycles. The van der Waals surface area contributed by atoms with Crippen LogP contribution in [0.2, 0.25) is 0 Å². The molecule has 2 aromatic heterocycles. The SMILES string of the molecule is Cc1nc(/C(=C/Cl)c2cncnc2)no1. The maximum atomic E-state index is 5.71. The molecule has 6 heteroatoms. The van der Waals surface area contributed by atoms with E-state index < -0.39 is 0 Å². The van der Waals surface area contributed by atoms with Gasteiger partial charge in [0.25, 0.3) is 0 Å². The summed E-state index contributed by atoms with van der Waals surface area (Å²) in [5.41, 5.74) is 2.76. The van der Waals surface area contributed by atoms with E-state index in [1.165, 1.54) is 11.9 Å². The van der Waals surface area contributed by atoms with E-state index >= 15 is 0 Å². The first-order valence-electron chi connectivity index (χ1n) is 4.17. The molecule has 0 radical (unpaired) electrons. The van der Waals surface area contributed by atoms with Crippen molar-refractivity contribution in [3.8, 4) is 0 Å². The second kappa shape index (κ2) is 4.18. The van der Waals surface area contributed by atoms with Gasteiger partial charge in [-0.25, -0.2) is 9.97 Å². The number of hydrogen-bond acceptors (Lipinski definition) is 5. The average Bonchev–Trinajstić information content (AvgIpc) is 2.68. The summed E-state index contributed by atoms with van der Waals surface area (Å²) in [6.07, 6.45) is 4.71. The van der Waals surface area contributed by atoms with Gasteiger partial charge in [0.2, 0.25) is 11.7 Å². The molecule has 0 fully saturated rings. The topological polar surface area (TPSA) is 64.7 Å². The van der Waals surface area contributed by atoms with E-state index in [4.69, 9.17) is 16.1 Å². The molecule has 0 atom stereocenters. The molecule has 0 N–H and O–H groups in total. The van der Waals surface area contributed by atoms with E-state index in [1.54, 1.807) is 19.3 Å². The molecule has 0 aromatic carbocycles. The molecule has 5 nitrogen and oxygen atoms in total. The Morgan fingerprint density at radius 2 is 2.13 bits per heavy atom. The predicted octanol–water partition coefficient (Wildman–Crippen LogP) is 1.80. The lowest BCUT2D eigenvalue weighted by Gasteiger charge is -1.98. The fraction of sp³-hybridized carbons (Fsp3) is 0.111. The highest BCUT2D eigenvalue weighted by Crippen LogP contribution is 2.19. The summed E-state index contributed by atoms with van der Waals surface area (Å²) < 4.78 is 4.87. The Hall–Kier alpha value is -1.75. The van der Waals surface area contributed by atoms with Crippen LogP contribution < -0.4 is 0 Å². The van der Waals surface area contributed by atoms with Gasteiger partial charge in [0, 0.05) is 36.0 Å². The third-order valence-corrected chi connectivity index (χ3v) is 1.97. The first-order valence-corrected chi connectivity index (χ1v) is 4.61. The minimum atomic E-state index is 0.428. The van der Waals surface area contributed by atoms with E-state index in [0.29, 0.717) is 17.3 Å². The maximum absolute atomic E-state index is 5.71. The number of aromatic nitrogens is 4. The van der Waals surface area contributed by atoms with E-state index in [2.05, 4.69) is 20.1 Å². The lowest BCUT2D eigenvalue weighted by atomic mass is 10.1. The smallest absolute Gasteiger partial charge is 0.223 e. The normalized spacial score (nSPS) is 11.7. The molecule has 0 amide bonds. The van der Waals surface area contributed by atoms with Crippen molar-refractivity contribution in [2.45, 2.75) is 6.92 Å². The molecular formula is C9H7ClN4O. The van der Waals surface area contributed by atoms with Crippen molar-refractivity contribution < 1.29 is 4.52 Å². The van der Waals surface area contributed by atoms with Gasteiger partial charge in [-0.1, -0.05) is 16.8 Å². The standard InChI is InChI=1S/C9H7ClN4O/c1-6-13-9(14-15-6)8(2-10)7-3-11-5-12-4-7/h2-5H,1H3/b8-2+. The molecule has 2 aromatic rings. The van der Waals surface area contributed by atoms with Crippen LogP contribution in [0.1, 0.15) is 17.3 Å². The summed E-state index contributed by atoms with van der Waals surface area (Å²) in [6, 6.07) is 0. The van der Waals surface area contributed by atoms with Crippen molar-refractivity contribution in [3.05, 3.63) is 41.5 Å². The van der Waals surface area contributed by atoms with E-state index in [-0.39, 0.29) is 0 Å². The van der Waals surface area contributed by atoms with E-state index in [9.17, 15) is 0 Å². The van der Waals surface area contributed by atoms with Gasteiger partial charge < -0.3 is 4.52 Å². The van der Waals surface area contributed by atoms with Crippen LogP contribution in [0.4, 0.5) is 0 Å². The van der Waals surface area contributed by atoms with Crippen LogP contribution in [0, 0.1) is 6.92 Å². The molecule has 0 spiro atoms. The Labute approximate surface area is 90.8 Å². The molecule has 0 saturated carbocycles. The van der Waals surface area contributed by atoms with Crippen molar-refractivity contribution in [3.63, 3.8) is 0 Å². The molecular weight excluding hydrogens is 216 g/mol. The average molecular weight is 223 g/mol. The van der Waals surface area contributed by atoms with Crippen molar-refractivity contribution in [1.82, 2.24) is 20.1 Å². The molecule has 0 aliphatic rings. The molecule has 0 unspecified atom stereocenters. The zero-order valence-electron chi connectivity index (χ0n) is 7.88. The summed E-state index contributed by atoms with van der Waals surface area (Å²) in [5, 5.41) is 3.77. The number of halogens is 1. The first-order chi connectivity index (χ1) is 7.31. The van der Waals surface area contributed by atoms with Crippen molar-refractivity contribution >= 4 is 17.2 Å². The van der Waals surface area contributed by atoms with Gasteiger partial charge in [-0.15, -0.1) is 0 Å². The van der Waals surface area contributed by atoms with Crippen LogP contribution in [-0.4, -0.2) is 20.1 Å². The van der Waals surface area contributed by atoms with Crippen molar-refractivity contribution in [1.29, 1.82) is 0 Å². The van der Waals surface area contributed by atoms with Crippen molar-refractivity contribution in [2.24, 2.45) is 0 Å². The number of aryl methyl sites for hydroxylation is 1. The first kappa shape index (κ1) is 9.79. The van der Waals surface area contributed by atoms with Crippen LogP contribution in [0.3, 0.4) is 0 Å². The summed E-state index contributed by atoms with van der Waals surface area (Å²) in [7, 11) is 0. The van der Waals surface area contributed by atoms with Gasteiger partial charge >= 0.3 is 0 Å². The fourth-order valence-electron chi connectivity index (χ4n) is 1.09. The Balaban J connectivity index is 2.43. The number of rotatable bonds is 2. The van der Waals surface area contributed by atoms with Gasteiger partial charge in [0.15, 0.2) is 0 Å². The Morgan fingerprint density at radius 3 is 2.67 bits per heavy atom. The summed E-state index contributed by atoms with van der Waals surface area (Å²) in [6.45, 7) is 1.71. The third-order valence-electron chi connectivity index (χ3n) is 1.75. The Bertz CT molecular complexity index is 480. The third kappa shape index (κ3) is 2.02. The molecule has 76 valence electrons. The van der Waals surface area contributed by atoms with Gasteiger partial charge in [-0.05, 0) is 0 Å². The molecule has 2 rings (SSSR count). The largest absolute Gasteiger partial charge is 0.339 e. The summed E-state index contributed by atoms with van der Waals surface area (Å²) in [5.74, 6) is 0.912. The summed E-state index contributed by atoms with van der Waals surface area (Å²) in [4.78, 5) is 11.9. The van der Waals surface area contributed by atoms with Gasteiger partial charge in [0.1, 0.15) is 6.33 Å². The number of nitrogens with zero attached hydrogens (tertiary/aromatic N) is 4. The highest BCUT2D eigenvalue weighted by molar-refractivity contribution is 6.28. The minimum absolute atomic E-state index is 0.428. The van der Waals surface area contributed by atoms with Crippen LogP contribution >= 0.6 is 11.6 Å². The molecule has 15 heavy (non-hydrogen) atoms. The number of hydrogen-bond donors (Lipinski definition) is 0. The second-order valence-corrected chi connectivity index (χ2v) is 3.01. The lowest BCUT2D eigenvalue weighted by molar-refractivity contribution is 0.391. The zero-order valence-corrected chi connectivity index (χ0v) is 8.64. The Kier molecular flexibility index (Phi) is 2.73. The highest BCUT2D eigenvalue weighted by atomic mass is 35.5. The lowest BCUT2D eigenvalue weighted by Crippen LogP contribution is -1.91. The maximum Gasteiger partial charge on any atom is 0.223 e. The quantitative estimate of drug-likeness (QED) is 0.775. The minimum Gasteiger partial charge on any atom is -0.339 e. The fourth-order valence-corrected chi connectivity index (χ4v) is 1.31. The Morgan fingerprint density at radius 1 is 1.40 bits per heavy atom. The van der Waals surface area contributed by atoms with Crippen LogP contribution in [0.25, 0.3) is 5.57 Å². The van der Waals surface area contributed by atoms with Crippen LogP contribution in [0.5, 0.6) is 0 Å². The second-order valence-electron chi connectivity index (χ2n) is 2.79.